The number of carbonyl (C=O) groups excluding carboxylic acids is 1. The summed E-state index contributed by atoms with van der Waals surface area (Å²) in [5.74, 6) is -0.209. The van der Waals surface area contributed by atoms with E-state index in [1.165, 1.54) is 32.1 Å². The third-order valence-corrected chi connectivity index (χ3v) is 9.66. The largest absolute Gasteiger partial charge is 0.329 e. The Labute approximate surface area is 195 Å². The number of sulfonamides is 1. The lowest BCUT2D eigenvalue weighted by atomic mass is 9.98. The van der Waals surface area contributed by atoms with E-state index >= 15 is 0 Å². The van der Waals surface area contributed by atoms with Gasteiger partial charge in [0.25, 0.3) is 5.56 Å². The van der Waals surface area contributed by atoms with E-state index in [1.807, 2.05) is 22.9 Å². The molecule has 1 atom stereocenters. The van der Waals surface area contributed by atoms with E-state index in [0.717, 1.165) is 16.9 Å². The second kappa shape index (κ2) is 9.30. The van der Waals surface area contributed by atoms with E-state index in [0.29, 0.717) is 19.6 Å². The summed E-state index contributed by atoms with van der Waals surface area (Å²) in [6.07, 6.45) is 2.06. The van der Waals surface area contributed by atoms with Gasteiger partial charge in [0.1, 0.15) is 6.54 Å². The van der Waals surface area contributed by atoms with Gasteiger partial charge in [0.15, 0.2) is 0 Å². The summed E-state index contributed by atoms with van der Waals surface area (Å²) >= 11 is 3.30. The Balaban J connectivity index is 1.65. The minimum Gasteiger partial charge on any atom is -0.329 e. The number of aromatic nitrogens is 1. The number of hydrogen-bond donors (Lipinski definition) is 0. The minimum absolute atomic E-state index is 0.0159. The zero-order valence-corrected chi connectivity index (χ0v) is 20.4. The van der Waals surface area contributed by atoms with Gasteiger partial charge in [-0.2, -0.15) is 4.31 Å². The van der Waals surface area contributed by atoms with Crippen LogP contribution in [0.5, 0.6) is 0 Å². The molecule has 0 saturated heterocycles. The number of fused-ring (bicyclic) bond motifs is 1. The molecule has 4 heterocycles. The Morgan fingerprint density at radius 1 is 1.12 bits per heavy atom. The lowest BCUT2D eigenvalue weighted by Gasteiger charge is -2.35. The van der Waals surface area contributed by atoms with Crippen molar-refractivity contribution in [2.24, 2.45) is 0 Å². The number of carbonyl (C=O) groups is 1. The first kappa shape index (κ1) is 22.9. The van der Waals surface area contributed by atoms with Gasteiger partial charge in [-0.15, -0.1) is 22.7 Å². The maximum absolute atomic E-state index is 13.4. The van der Waals surface area contributed by atoms with E-state index in [4.69, 9.17) is 0 Å². The van der Waals surface area contributed by atoms with Crippen LogP contribution in [0.25, 0.3) is 0 Å². The predicted octanol–water partition coefficient (Wildman–Crippen LogP) is 3.18. The number of nitrogens with zero attached hydrogens (tertiary/aromatic N) is 3. The zero-order valence-electron chi connectivity index (χ0n) is 17.9. The Kier molecular flexibility index (Phi) is 6.66. The third kappa shape index (κ3) is 4.19. The lowest BCUT2D eigenvalue weighted by Crippen LogP contribution is -2.42. The number of rotatable bonds is 7. The van der Waals surface area contributed by atoms with Crippen LogP contribution in [0.2, 0.25) is 0 Å². The Morgan fingerprint density at radius 2 is 1.91 bits per heavy atom. The molecule has 0 spiro atoms. The van der Waals surface area contributed by atoms with Crippen LogP contribution in [0.15, 0.2) is 57.0 Å². The highest BCUT2D eigenvalue weighted by Crippen LogP contribution is 2.39. The third-order valence-electron chi connectivity index (χ3n) is 5.70. The van der Waals surface area contributed by atoms with E-state index < -0.39 is 15.6 Å². The minimum atomic E-state index is -3.73. The van der Waals surface area contributed by atoms with Crippen LogP contribution in [0.4, 0.5) is 0 Å². The molecule has 0 radical (unpaired) electrons. The molecule has 4 rings (SSSR count). The van der Waals surface area contributed by atoms with Crippen molar-refractivity contribution in [3.8, 4) is 0 Å². The quantitative estimate of drug-likeness (QED) is 0.509. The van der Waals surface area contributed by atoms with Crippen LogP contribution >= 0.6 is 22.7 Å². The van der Waals surface area contributed by atoms with Gasteiger partial charge >= 0.3 is 0 Å². The molecule has 0 N–H and O–H groups in total. The van der Waals surface area contributed by atoms with Crippen molar-refractivity contribution in [2.45, 2.75) is 37.8 Å². The first-order chi connectivity index (χ1) is 15.4. The molecule has 32 heavy (non-hydrogen) atoms. The first-order valence-electron chi connectivity index (χ1n) is 10.5. The SMILES string of the molecule is CCN(CC)S(=O)(=O)c1ccc(=O)n(CC(=O)N2CCc3sccc3C2c2cccs2)c1. The van der Waals surface area contributed by atoms with Crippen LogP contribution < -0.4 is 5.56 Å². The number of hydrogen-bond acceptors (Lipinski definition) is 6. The van der Waals surface area contributed by atoms with Crippen LogP contribution in [-0.2, 0) is 27.8 Å². The van der Waals surface area contributed by atoms with E-state index in [9.17, 15) is 18.0 Å². The molecule has 10 heteroatoms. The Hall–Kier alpha value is -2.27. The average Bonchev–Trinajstić information content (AvgIpc) is 3.47. The molecule has 1 aliphatic heterocycles. The summed E-state index contributed by atoms with van der Waals surface area (Å²) in [6.45, 7) is 4.54. The van der Waals surface area contributed by atoms with Crippen molar-refractivity contribution >= 4 is 38.6 Å². The molecular formula is C22H25N3O4S3. The molecule has 3 aromatic heterocycles. The summed E-state index contributed by atoms with van der Waals surface area (Å²) in [6, 6.07) is 8.39. The van der Waals surface area contributed by atoms with E-state index in [1.54, 1.807) is 41.4 Å². The molecule has 0 aromatic carbocycles. The summed E-state index contributed by atoms with van der Waals surface area (Å²) in [7, 11) is -3.73. The normalized spacial score (nSPS) is 16.3. The van der Waals surface area contributed by atoms with Gasteiger partial charge in [-0.05, 0) is 40.9 Å². The molecule has 0 bridgehead atoms. The van der Waals surface area contributed by atoms with Crippen molar-refractivity contribution in [1.29, 1.82) is 0 Å². The van der Waals surface area contributed by atoms with Gasteiger partial charge in [0, 0.05) is 41.7 Å². The van der Waals surface area contributed by atoms with Crippen molar-refractivity contribution in [3.05, 3.63) is 73.0 Å². The van der Waals surface area contributed by atoms with Crippen LogP contribution in [0.1, 0.15) is 35.2 Å². The summed E-state index contributed by atoms with van der Waals surface area (Å²) in [4.78, 5) is 30.0. The highest BCUT2D eigenvalue weighted by Gasteiger charge is 2.33. The fourth-order valence-corrected chi connectivity index (χ4v) is 7.31. The average molecular weight is 492 g/mol. The van der Waals surface area contributed by atoms with Gasteiger partial charge < -0.3 is 9.47 Å². The molecule has 0 saturated carbocycles. The first-order valence-corrected chi connectivity index (χ1v) is 13.7. The van der Waals surface area contributed by atoms with E-state index in [2.05, 4.69) is 6.07 Å². The van der Waals surface area contributed by atoms with Crippen molar-refractivity contribution in [2.75, 3.05) is 19.6 Å². The maximum Gasteiger partial charge on any atom is 0.251 e. The smallest absolute Gasteiger partial charge is 0.251 e. The standard InChI is InChI=1S/C22H25N3O4S3/c1-3-24(4-2)32(28,29)16-7-8-20(26)23(14-16)15-21(27)25-11-9-18-17(10-13-31-18)22(25)19-6-5-12-30-19/h5-8,10,12-14,22H,3-4,9,11,15H2,1-2H3. The maximum atomic E-state index is 13.4. The van der Waals surface area contributed by atoms with Crippen molar-refractivity contribution in [1.82, 2.24) is 13.8 Å². The molecule has 170 valence electrons. The number of pyridine rings is 1. The summed E-state index contributed by atoms with van der Waals surface area (Å²) in [5, 5.41) is 4.04. The molecule has 1 aliphatic rings. The highest BCUT2D eigenvalue weighted by atomic mass is 32.2. The van der Waals surface area contributed by atoms with Gasteiger partial charge in [0.2, 0.25) is 15.9 Å². The van der Waals surface area contributed by atoms with Crippen LogP contribution in [0.3, 0.4) is 0 Å². The highest BCUT2D eigenvalue weighted by molar-refractivity contribution is 7.89. The molecule has 1 unspecified atom stereocenters. The fourth-order valence-electron chi connectivity index (χ4n) is 4.07. The molecule has 0 fully saturated rings. The number of thiophene rings is 2. The summed E-state index contributed by atoms with van der Waals surface area (Å²) in [5.41, 5.74) is 0.722. The second-order valence-electron chi connectivity index (χ2n) is 7.47. The second-order valence-corrected chi connectivity index (χ2v) is 11.4. The van der Waals surface area contributed by atoms with Crippen molar-refractivity contribution in [3.63, 3.8) is 0 Å². The molecule has 3 aromatic rings. The topological polar surface area (TPSA) is 79.7 Å². The predicted molar refractivity (Wildman–Crippen MR) is 127 cm³/mol. The molecule has 0 aliphatic carbocycles. The van der Waals surface area contributed by atoms with Gasteiger partial charge in [-0.25, -0.2) is 8.42 Å². The molecular weight excluding hydrogens is 466 g/mol. The molecule has 1 amide bonds. The lowest BCUT2D eigenvalue weighted by molar-refractivity contribution is -0.133. The van der Waals surface area contributed by atoms with Crippen LogP contribution in [0, 0.1) is 0 Å². The Bertz CT molecular complexity index is 1260. The van der Waals surface area contributed by atoms with Gasteiger partial charge in [-0.3, -0.25) is 9.59 Å². The summed E-state index contributed by atoms with van der Waals surface area (Å²) < 4.78 is 28.3. The van der Waals surface area contributed by atoms with Gasteiger partial charge in [0.05, 0.1) is 10.9 Å². The van der Waals surface area contributed by atoms with Crippen molar-refractivity contribution < 1.29 is 13.2 Å². The monoisotopic (exact) mass is 491 g/mol. The Morgan fingerprint density at radius 3 is 2.59 bits per heavy atom. The number of amides is 1. The van der Waals surface area contributed by atoms with Crippen LogP contribution in [-0.4, -0.2) is 47.7 Å². The van der Waals surface area contributed by atoms with E-state index in [-0.39, 0.29) is 23.4 Å². The van der Waals surface area contributed by atoms with Gasteiger partial charge in [-0.1, -0.05) is 19.9 Å². The zero-order chi connectivity index (χ0) is 22.9. The fraction of sp³-hybridized carbons (Fsp3) is 0.364. The molecule has 7 nitrogen and oxygen atoms in total.